The molecule has 1 aromatic rings. The van der Waals surface area contributed by atoms with E-state index in [0.29, 0.717) is 22.7 Å². The van der Waals surface area contributed by atoms with E-state index in [9.17, 15) is 9.59 Å². The van der Waals surface area contributed by atoms with Gasteiger partial charge in [-0.05, 0) is 59.9 Å². The highest BCUT2D eigenvalue weighted by atomic mass is 79.9. The zero-order valence-corrected chi connectivity index (χ0v) is 13.1. The third-order valence-corrected chi connectivity index (χ3v) is 3.77. The number of amides is 2. The Morgan fingerprint density at radius 3 is 2.67 bits per heavy atom. The van der Waals surface area contributed by atoms with Crippen LogP contribution in [0.2, 0.25) is 0 Å². The van der Waals surface area contributed by atoms with Crippen molar-refractivity contribution in [1.82, 2.24) is 10.6 Å². The monoisotopic (exact) mass is 355 g/mol. The maximum Gasteiger partial charge on any atom is 0.335 e. The van der Waals surface area contributed by atoms with Crippen molar-refractivity contribution in [3.63, 3.8) is 0 Å². The molecule has 0 radical (unpaired) electrons. The summed E-state index contributed by atoms with van der Waals surface area (Å²) in [6, 6.07) is 4.84. The summed E-state index contributed by atoms with van der Waals surface area (Å²) in [5.41, 5.74) is 0.701. The van der Waals surface area contributed by atoms with Crippen LogP contribution >= 0.6 is 15.9 Å². The fourth-order valence-electron chi connectivity index (χ4n) is 1.80. The molecular formula is C14H18BrN3O3. The van der Waals surface area contributed by atoms with Crippen molar-refractivity contribution in [1.29, 1.82) is 0 Å². The molecule has 0 aromatic heterocycles. The second-order valence-electron chi connectivity index (χ2n) is 4.96. The van der Waals surface area contributed by atoms with Gasteiger partial charge >= 0.3 is 12.0 Å². The molecule has 1 aliphatic carbocycles. The number of carbonyl (C=O) groups is 2. The van der Waals surface area contributed by atoms with E-state index in [4.69, 9.17) is 5.11 Å². The summed E-state index contributed by atoms with van der Waals surface area (Å²) in [4.78, 5) is 22.5. The first-order valence-electron chi connectivity index (χ1n) is 6.87. The van der Waals surface area contributed by atoms with Crippen molar-refractivity contribution >= 4 is 33.6 Å². The molecule has 0 aliphatic heterocycles. The van der Waals surface area contributed by atoms with E-state index in [1.54, 1.807) is 6.07 Å². The Kier molecular flexibility index (Phi) is 5.58. The van der Waals surface area contributed by atoms with E-state index < -0.39 is 5.97 Å². The Hall–Kier alpha value is -1.60. The van der Waals surface area contributed by atoms with Gasteiger partial charge in [0, 0.05) is 17.1 Å². The van der Waals surface area contributed by atoms with E-state index in [2.05, 4.69) is 31.9 Å². The number of anilines is 1. The summed E-state index contributed by atoms with van der Waals surface area (Å²) in [6.07, 6.45) is 3.39. The highest BCUT2D eigenvalue weighted by molar-refractivity contribution is 9.10. The number of aromatic carboxylic acids is 1. The minimum Gasteiger partial charge on any atom is -0.478 e. The first kappa shape index (κ1) is 15.8. The molecule has 4 N–H and O–H groups in total. The van der Waals surface area contributed by atoms with Crippen molar-refractivity contribution in [2.24, 2.45) is 0 Å². The number of nitrogens with one attached hydrogen (secondary N) is 3. The third-order valence-electron chi connectivity index (χ3n) is 3.11. The first-order valence-corrected chi connectivity index (χ1v) is 7.66. The van der Waals surface area contributed by atoms with Crippen LogP contribution in [0.1, 0.15) is 29.6 Å². The Bertz CT molecular complexity index is 532. The quantitative estimate of drug-likeness (QED) is 0.565. The summed E-state index contributed by atoms with van der Waals surface area (Å²) in [6.45, 7) is 1.50. The van der Waals surface area contributed by atoms with Crippen molar-refractivity contribution in [3.05, 3.63) is 28.2 Å². The molecule has 0 saturated heterocycles. The maximum absolute atomic E-state index is 11.7. The van der Waals surface area contributed by atoms with Gasteiger partial charge in [-0.3, -0.25) is 0 Å². The lowest BCUT2D eigenvalue weighted by Crippen LogP contribution is -2.31. The Morgan fingerprint density at radius 1 is 1.29 bits per heavy atom. The van der Waals surface area contributed by atoms with Gasteiger partial charge in [0.25, 0.3) is 0 Å². The van der Waals surface area contributed by atoms with Crippen LogP contribution in [-0.2, 0) is 0 Å². The number of carbonyl (C=O) groups excluding carboxylic acids is 1. The van der Waals surface area contributed by atoms with Gasteiger partial charge in [-0.1, -0.05) is 0 Å². The van der Waals surface area contributed by atoms with E-state index in [0.717, 1.165) is 13.0 Å². The van der Waals surface area contributed by atoms with Gasteiger partial charge in [-0.2, -0.15) is 0 Å². The SMILES string of the molecule is O=C(NCCCNC1CC1)Nc1ccc(C(=O)O)cc1Br. The van der Waals surface area contributed by atoms with Gasteiger partial charge in [0.2, 0.25) is 0 Å². The summed E-state index contributed by atoms with van der Waals surface area (Å²) in [5.74, 6) is -1.00. The molecule has 2 amide bonds. The van der Waals surface area contributed by atoms with Crippen molar-refractivity contribution < 1.29 is 14.7 Å². The molecule has 0 heterocycles. The van der Waals surface area contributed by atoms with E-state index in [-0.39, 0.29) is 11.6 Å². The molecule has 1 fully saturated rings. The van der Waals surface area contributed by atoms with Gasteiger partial charge < -0.3 is 21.1 Å². The fraction of sp³-hybridized carbons (Fsp3) is 0.429. The molecule has 1 aromatic carbocycles. The van der Waals surface area contributed by atoms with Gasteiger partial charge in [0.05, 0.1) is 11.3 Å². The van der Waals surface area contributed by atoms with Gasteiger partial charge in [0.1, 0.15) is 0 Å². The highest BCUT2D eigenvalue weighted by Crippen LogP contribution is 2.23. The Labute approximate surface area is 131 Å². The Balaban J connectivity index is 1.72. The van der Waals surface area contributed by atoms with Gasteiger partial charge in [0.15, 0.2) is 0 Å². The summed E-state index contributed by atoms with van der Waals surface area (Å²) in [5, 5.41) is 17.7. The maximum atomic E-state index is 11.7. The average Bonchev–Trinajstić information content (AvgIpc) is 3.24. The number of urea groups is 1. The fourth-order valence-corrected chi connectivity index (χ4v) is 2.28. The molecule has 114 valence electrons. The Morgan fingerprint density at radius 2 is 2.05 bits per heavy atom. The van der Waals surface area contributed by atoms with Crippen molar-refractivity contribution in [2.75, 3.05) is 18.4 Å². The predicted octanol–water partition coefficient (Wildman–Crippen LogP) is 2.41. The summed E-state index contributed by atoms with van der Waals surface area (Å²) < 4.78 is 0.535. The highest BCUT2D eigenvalue weighted by Gasteiger charge is 2.19. The predicted molar refractivity (Wildman–Crippen MR) is 83.8 cm³/mol. The number of hydrogen-bond donors (Lipinski definition) is 4. The lowest BCUT2D eigenvalue weighted by molar-refractivity contribution is 0.0697. The summed E-state index contributed by atoms with van der Waals surface area (Å²) >= 11 is 3.24. The molecule has 21 heavy (non-hydrogen) atoms. The lowest BCUT2D eigenvalue weighted by Gasteiger charge is -2.10. The molecule has 6 nitrogen and oxygen atoms in total. The van der Waals surface area contributed by atoms with E-state index in [1.807, 2.05) is 0 Å². The average molecular weight is 356 g/mol. The van der Waals surface area contributed by atoms with Crippen LogP contribution in [0.25, 0.3) is 0 Å². The molecule has 0 atom stereocenters. The van der Waals surface area contributed by atoms with Crippen LogP contribution in [0.4, 0.5) is 10.5 Å². The van der Waals surface area contributed by atoms with E-state index >= 15 is 0 Å². The zero-order chi connectivity index (χ0) is 15.2. The van der Waals surface area contributed by atoms with Gasteiger partial charge in [-0.15, -0.1) is 0 Å². The van der Waals surface area contributed by atoms with E-state index in [1.165, 1.54) is 25.0 Å². The number of hydrogen-bond acceptors (Lipinski definition) is 3. The van der Waals surface area contributed by atoms with Crippen molar-refractivity contribution in [2.45, 2.75) is 25.3 Å². The molecule has 1 saturated carbocycles. The standard InChI is InChI=1S/C14H18BrN3O3/c15-11-8-9(13(19)20)2-5-12(11)18-14(21)17-7-1-6-16-10-3-4-10/h2,5,8,10,16H,1,3-4,6-7H2,(H,19,20)(H2,17,18,21). The largest absolute Gasteiger partial charge is 0.478 e. The minimum atomic E-state index is -1.00. The van der Waals surface area contributed by atoms with Crippen LogP contribution in [-0.4, -0.2) is 36.2 Å². The number of halogens is 1. The van der Waals surface area contributed by atoms with Crippen LogP contribution in [0.15, 0.2) is 22.7 Å². The minimum absolute atomic E-state index is 0.166. The molecule has 2 rings (SSSR count). The molecular weight excluding hydrogens is 338 g/mol. The number of carboxylic acid groups (broad SMARTS) is 1. The van der Waals surface area contributed by atoms with Gasteiger partial charge in [-0.25, -0.2) is 9.59 Å². The topological polar surface area (TPSA) is 90.5 Å². The molecule has 0 spiro atoms. The number of carboxylic acids is 1. The molecule has 0 unspecified atom stereocenters. The van der Waals surface area contributed by atoms with Crippen LogP contribution < -0.4 is 16.0 Å². The smallest absolute Gasteiger partial charge is 0.335 e. The second-order valence-corrected chi connectivity index (χ2v) is 5.82. The number of rotatable bonds is 7. The van der Waals surface area contributed by atoms with Crippen molar-refractivity contribution in [3.8, 4) is 0 Å². The van der Waals surface area contributed by atoms with Crippen LogP contribution in [0.5, 0.6) is 0 Å². The van der Waals surface area contributed by atoms with Crippen LogP contribution in [0.3, 0.4) is 0 Å². The lowest BCUT2D eigenvalue weighted by atomic mass is 10.2. The number of benzene rings is 1. The zero-order valence-electron chi connectivity index (χ0n) is 11.5. The molecule has 1 aliphatic rings. The first-order chi connectivity index (χ1) is 10.1. The summed E-state index contributed by atoms with van der Waals surface area (Å²) in [7, 11) is 0. The molecule has 7 heteroatoms. The molecule has 0 bridgehead atoms. The normalized spacial score (nSPS) is 13.8. The van der Waals surface area contributed by atoms with Crippen LogP contribution in [0, 0.1) is 0 Å². The second kappa shape index (κ2) is 7.42. The third kappa shape index (κ3) is 5.35.